The van der Waals surface area contributed by atoms with Crippen LogP contribution in [0, 0.1) is 0 Å². The first kappa shape index (κ1) is 29.3. The highest BCUT2D eigenvalue weighted by Crippen LogP contribution is 2.36. The van der Waals surface area contributed by atoms with Crippen LogP contribution in [0.3, 0.4) is 0 Å². The molecule has 0 bridgehead atoms. The number of rotatable bonds is 18. The lowest BCUT2D eigenvalue weighted by molar-refractivity contribution is 0.452. The lowest BCUT2D eigenvalue weighted by Crippen LogP contribution is -2.05. The standard InChI is InChI=1S/C33H52O2/c1-5-9-13-15-19-26-21-23-28(17-11-7-3)32(34)30(26)25-31-27(20-16-14-10-6-2)22-24-29(33(31)35)18-12-8-4/h21-24,34-35H,5-20,25H2,1-4H3. The van der Waals surface area contributed by atoms with E-state index in [0.29, 0.717) is 17.9 Å². The predicted octanol–water partition coefficient (Wildman–Crippen LogP) is 9.62. The van der Waals surface area contributed by atoms with Crippen molar-refractivity contribution in [3.63, 3.8) is 0 Å². The summed E-state index contributed by atoms with van der Waals surface area (Å²) in [5.74, 6) is 0.948. The van der Waals surface area contributed by atoms with E-state index in [-0.39, 0.29) is 0 Å². The van der Waals surface area contributed by atoms with Crippen LogP contribution in [0.1, 0.15) is 138 Å². The maximum atomic E-state index is 11.4. The fourth-order valence-corrected chi connectivity index (χ4v) is 5.12. The van der Waals surface area contributed by atoms with Crippen LogP contribution in [0.25, 0.3) is 0 Å². The molecule has 0 aliphatic rings. The van der Waals surface area contributed by atoms with E-state index < -0.39 is 0 Å². The van der Waals surface area contributed by atoms with Crippen LogP contribution in [0.2, 0.25) is 0 Å². The van der Waals surface area contributed by atoms with Gasteiger partial charge in [-0.3, -0.25) is 0 Å². The number of aromatic hydroxyl groups is 2. The summed E-state index contributed by atoms with van der Waals surface area (Å²) in [5.41, 5.74) is 6.74. The Hall–Kier alpha value is -1.96. The first-order valence-electron chi connectivity index (χ1n) is 14.7. The molecule has 0 saturated heterocycles. The molecule has 0 aliphatic heterocycles. The second kappa shape index (κ2) is 16.7. The summed E-state index contributed by atoms with van der Waals surface area (Å²) in [6.07, 6.45) is 18.6. The molecule has 0 amide bonds. The number of hydrogen-bond acceptors (Lipinski definition) is 2. The van der Waals surface area contributed by atoms with E-state index in [1.165, 1.54) is 49.7 Å². The summed E-state index contributed by atoms with van der Waals surface area (Å²) in [5, 5.41) is 22.8. The van der Waals surface area contributed by atoms with Gasteiger partial charge in [0.05, 0.1) is 0 Å². The highest BCUT2D eigenvalue weighted by atomic mass is 16.3. The van der Waals surface area contributed by atoms with E-state index in [4.69, 9.17) is 0 Å². The molecule has 2 N–H and O–H groups in total. The Kier molecular flexibility index (Phi) is 13.9. The molecule has 0 radical (unpaired) electrons. The van der Waals surface area contributed by atoms with Crippen molar-refractivity contribution in [1.29, 1.82) is 0 Å². The lowest BCUT2D eigenvalue weighted by Gasteiger charge is -2.20. The normalized spacial score (nSPS) is 11.3. The molecule has 0 fully saturated rings. The molecule has 0 atom stereocenters. The molecule has 35 heavy (non-hydrogen) atoms. The van der Waals surface area contributed by atoms with Gasteiger partial charge in [0.25, 0.3) is 0 Å². The maximum absolute atomic E-state index is 11.4. The third kappa shape index (κ3) is 9.21. The van der Waals surface area contributed by atoms with Gasteiger partial charge in [-0.05, 0) is 73.6 Å². The molecular weight excluding hydrogens is 428 g/mol. The summed E-state index contributed by atoms with van der Waals surface area (Å²) in [7, 11) is 0. The summed E-state index contributed by atoms with van der Waals surface area (Å²) in [6.45, 7) is 8.89. The molecular formula is C33H52O2. The smallest absolute Gasteiger partial charge is 0.122 e. The van der Waals surface area contributed by atoms with Crippen molar-refractivity contribution in [2.24, 2.45) is 0 Å². The van der Waals surface area contributed by atoms with Gasteiger partial charge in [-0.25, -0.2) is 0 Å². The minimum absolute atomic E-state index is 0.474. The number of phenols is 2. The van der Waals surface area contributed by atoms with Crippen LogP contribution in [0.4, 0.5) is 0 Å². The average Bonchev–Trinajstić information content (AvgIpc) is 2.86. The van der Waals surface area contributed by atoms with Gasteiger partial charge in [-0.2, -0.15) is 0 Å². The second-order valence-corrected chi connectivity index (χ2v) is 10.4. The third-order valence-corrected chi connectivity index (χ3v) is 7.48. The van der Waals surface area contributed by atoms with Crippen LogP contribution in [0.5, 0.6) is 11.5 Å². The minimum atomic E-state index is 0.474. The molecule has 2 aromatic rings. The molecule has 2 nitrogen and oxygen atoms in total. The zero-order valence-electron chi connectivity index (χ0n) is 23.2. The Bertz CT molecular complexity index is 796. The van der Waals surface area contributed by atoms with Gasteiger partial charge < -0.3 is 10.2 Å². The van der Waals surface area contributed by atoms with Crippen molar-refractivity contribution in [1.82, 2.24) is 0 Å². The van der Waals surface area contributed by atoms with Crippen LogP contribution in [0.15, 0.2) is 24.3 Å². The van der Waals surface area contributed by atoms with Gasteiger partial charge in [0.2, 0.25) is 0 Å². The zero-order valence-corrected chi connectivity index (χ0v) is 23.2. The van der Waals surface area contributed by atoms with Crippen LogP contribution in [-0.4, -0.2) is 10.2 Å². The Labute approximate surface area is 216 Å². The Morgan fingerprint density at radius 3 is 1.14 bits per heavy atom. The Morgan fingerprint density at radius 2 is 0.771 bits per heavy atom. The first-order valence-corrected chi connectivity index (χ1v) is 14.7. The molecule has 2 rings (SSSR count). The number of phenolic OH excluding ortho intramolecular Hbond substituents is 2. The van der Waals surface area contributed by atoms with Gasteiger partial charge >= 0.3 is 0 Å². The van der Waals surface area contributed by atoms with Crippen molar-refractivity contribution in [3.8, 4) is 11.5 Å². The maximum Gasteiger partial charge on any atom is 0.122 e. The van der Waals surface area contributed by atoms with Crippen molar-refractivity contribution in [2.45, 2.75) is 137 Å². The van der Waals surface area contributed by atoms with Gasteiger partial charge in [0, 0.05) is 17.5 Å². The third-order valence-electron chi connectivity index (χ3n) is 7.48. The largest absolute Gasteiger partial charge is 0.507 e. The molecule has 0 spiro atoms. The quantitative estimate of drug-likeness (QED) is 0.208. The molecule has 2 aromatic carbocycles. The van der Waals surface area contributed by atoms with Gasteiger partial charge in [0.1, 0.15) is 11.5 Å². The lowest BCUT2D eigenvalue weighted by atomic mass is 9.87. The number of benzene rings is 2. The topological polar surface area (TPSA) is 40.5 Å². The molecule has 0 unspecified atom stereocenters. The second-order valence-electron chi connectivity index (χ2n) is 10.4. The SMILES string of the molecule is CCCCCCc1ccc(CCCC)c(O)c1Cc1c(CCCCCC)ccc(CCCC)c1O. The minimum Gasteiger partial charge on any atom is -0.507 e. The average molecular weight is 481 g/mol. The Morgan fingerprint density at radius 1 is 0.429 bits per heavy atom. The summed E-state index contributed by atoms with van der Waals surface area (Å²) >= 11 is 0. The number of aryl methyl sites for hydroxylation is 4. The summed E-state index contributed by atoms with van der Waals surface area (Å²) in [6, 6.07) is 8.80. The van der Waals surface area contributed by atoms with E-state index in [9.17, 15) is 10.2 Å². The molecule has 0 saturated carbocycles. The molecule has 0 aliphatic carbocycles. The monoisotopic (exact) mass is 480 g/mol. The molecule has 0 aromatic heterocycles. The molecule has 2 heteroatoms. The predicted molar refractivity (Wildman–Crippen MR) is 152 cm³/mol. The first-order chi connectivity index (χ1) is 17.1. The van der Waals surface area contributed by atoms with Crippen LogP contribution in [-0.2, 0) is 32.1 Å². The highest BCUT2D eigenvalue weighted by molar-refractivity contribution is 5.53. The number of hydrogen-bond donors (Lipinski definition) is 2. The molecule has 0 heterocycles. The van der Waals surface area contributed by atoms with E-state index in [1.54, 1.807) is 0 Å². The molecule has 196 valence electrons. The summed E-state index contributed by atoms with van der Waals surface area (Å²) in [4.78, 5) is 0. The van der Waals surface area contributed by atoms with Crippen molar-refractivity contribution >= 4 is 0 Å². The van der Waals surface area contributed by atoms with E-state index >= 15 is 0 Å². The van der Waals surface area contributed by atoms with Crippen molar-refractivity contribution in [3.05, 3.63) is 57.6 Å². The van der Waals surface area contributed by atoms with Crippen molar-refractivity contribution in [2.75, 3.05) is 0 Å². The fourth-order valence-electron chi connectivity index (χ4n) is 5.12. The van der Waals surface area contributed by atoms with E-state index in [1.807, 2.05) is 0 Å². The Balaban J connectivity index is 2.45. The van der Waals surface area contributed by atoms with Crippen LogP contribution < -0.4 is 0 Å². The van der Waals surface area contributed by atoms with E-state index in [2.05, 4.69) is 52.0 Å². The van der Waals surface area contributed by atoms with Gasteiger partial charge in [-0.15, -0.1) is 0 Å². The summed E-state index contributed by atoms with van der Waals surface area (Å²) < 4.78 is 0. The number of unbranched alkanes of at least 4 members (excludes halogenated alkanes) is 8. The van der Waals surface area contributed by atoms with Crippen molar-refractivity contribution < 1.29 is 10.2 Å². The van der Waals surface area contributed by atoms with Crippen LogP contribution >= 0.6 is 0 Å². The highest BCUT2D eigenvalue weighted by Gasteiger charge is 2.19. The van der Waals surface area contributed by atoms with E-state index in [0.717, 1.165) is 86.5 Å². The zero-order chi connectivity index (χ0) is 25.5. The fraction of sp³-hybridized carbons (Fsp3) is 0.636. The van der Waals surface area contributed by atoms with Gasteiger partial charge in [-0.1, -0.05) is 103 Å². The van der Waals surface area contributed by atoms with Gasteiger partial charge in [0.15, 0.2) is 0 Å².